The highest BCUT2D eigenvalue weighted by atomic mass is 16.5. The maximum Gasteiger partial charge on any atom is 0.332 e. The van der Waals surface area contributed by atoms with Crippen LogP contribution in [0.1, 0.15) is 12.5 Å². The first-order valence-corrected chi connectivity index (χ1v) is 6.18. The molecule has 2 heteroatoms. The Bertz CT molecular complexity index is 410. The van der Waals surface area contributed by atoms with Crippen LogP contribution in [0.2, 0.25) is 0 Å². The lowest BCUT2D eigenvalue weighted by Crippen LogP contribution is -1.98. The maximum atomic E-state index is 10.2. The van der Waals surface area contributed by atoms with Crippen LogP contribution in [0.15, 0.2) is 87.5 Å². The van der Waals surface area contributed by atoms with Crippen molar-refractivity contribution >= 4 is 12.0 Å². The summed E-state index contributed by atoms with van der Waals surface area (Å²) in [6.45, 7) is 21.3. The summed E-state index contributed by atoms with van der Waals surface area (Å²) >= 11 is 0. The summed E-state index contributed by atoms with van der Waals surface area (Å²) in [6.07, 6.45) is 5.11. The van der Waals surface area contributed by atoms with Gasteiger partial charge in [-0.15, -0.1) is 13.2 Å². The zero-order valence-corrected chi connectivity index (χ0v) is 13.2. The van der Waals surface area contributed by atoms with Crippen LogP contribution in [0.5, 0.6) is 0 Å². The summed E-state index contributed by atoms with van der Waals surface area (Å²) in [6, 6.07) is 10.0. The maximum absolute atomic E-state index is 10.2. The van der Waals surface area contributed by atoms with Crippen molar-refractivity contribution in [2.24, 2.45) is 0 Å². The molecule has 1 rings (SSSR count). The molecule has 1 aromatic carbocycles. The Kier molecular flexibility index (Phi) is 22.1. The number of benzene rings is 1. The van der Waals surface area contributed by atoms with Gasteiger partial charge in [-0.3, -0.25) is 0 Å². The van der Waals surface area contributed by atoms with E-state index >= 15 is 0 Å². The Morgan fingerprint density at radius 1 is 1.05 bits per heavy atom. The number of allylic oxidation sites excluding steroid dienone is 2. The van der Waals surface area contributed by atoms with E-state index in [1.165, 1.54) is 12.7 Å². The average Bonchev–Trinajstić information content (AvgIpc) is 2.57. The van der Waals surface area contributed by atoms with Crippen LogP contribution in [-0.2, 0) is 9.53 Å². The number of hydrogen-bond acceptors (Lipinski definition) is 2. The van der Waals surface area contributed by atoms with Gasteiger partial charge in [0.05, 0.1) is 7.11 Å². The smallest absolute Gasteiger partial charge is 0.332 e. The molecule has 0 N–H and O–H groups in total. The van der Waals surface area contributed by atoms with Gasteiger partial charge in [-0.2, -0.15) is 0 Å². The summed E-state index contributed by atoms with van der Waals surface area (Å²) in [4.78, 5) is 10.2. The van der Waals surface area contributed by atoms with E-state index in [9.17, 15) is 4.79 Å². The van der Waals surface area contributed by atoms with Gasteiger partial charge in [0.15, 0.2) is 0 Å². The topological polar surface area (TPSA) is 26.3 Å². The monoisotopic (exact) mass is 286 g/mol. The van der Waals surface area contributed by atoms with Gasteiger partial charge in [-0.05, 0) is 12.5 Å². The third-order valence-electron chi connectivity index (χ3n) is 1.74. The van der Waals surface area contributed by atoms with Gasteiger partial charge < -0.3 is 4.74 Å². The van der Waals surface area contributed by atoms with E-state index in [0.29, 0.717) is 5.57 Å². The lowest BCUT2D eigenvalue weighted by molar-refractivity contribution is -0.136. The quantitative estimate of drug-likeness (QED) is 0.329. The van der Waals surface area contributed by atoms with Crippen molar-refractivity contribution in [3.8, 4) is 0 Å². The molecule has 0 fully saturated rings. The first kappa shape index (κ1) is 23.5. The van der Waals surface area contributed by atoms with Gasteiger partial charge in [-0.25, -0.2) is 4.79 Å². The van der Waals surface area contributed by atoms with E-state index in [2.05, 4.69) is 44.2 Å². The highest BCUT2D eigenvalue weighted by molar-refractivity contribution is 5.86. The summed E-state index contributed by atoms with van der Waals surface area (Å²) < 4.78 is 4.27. The molecule has 21 heavy (non-hydrogen) atoms. The van der Waals surface area contributed by atoms with E-state index in [4.69, 9.17) is 0 Å². The van der Waals surface area contributed by atoms with Crippen molar-refractivity contribution < 1.29 is 9.53 Å². The molecule has 0 saturated heterocycles. The predicted molar refractivity (Wildman–Crippen MR) is 95.0 cm³/mol. The van der Waals surface area contributed by atoms with Crippen molar-refractivity contribution in [2.75, 3.05) is 7.11 Å². The zero-order valence-electron chi connectivity index (χ0n) is 13.2. The third-order valence-corrected chi connectivity index (χ3v) is 1.74. The molecule has 0 aliphatic rings. The summed E-state index contributed by atoms with van der Waals surface area (Å²) in [7, 11) is 1.33. The Hall–Kier alpha value is -2.61. The minimum absolute atomic E-state index is 0.347. The van der Waals surface area contributed by atoms with Crippen molar-refractivity contribution in [1.82, 2.24) is 0 Å². The predicted octanol–water partition coefficient (Wildman–Crippen LogP) is 5.23. The number of carbonyl (C=O) groups is 1. The molecular weight excluding hydrogens is 260 g/mol. The molecule has 0 atom stereocenters. The summed E-state index contributed by atoms with van der Waals surface area (Å²) in [5.41, 5.74) is 1.61. The number of ether oxygens (including phenoxy) is 1. The Balaban J connectivity index is -0.000000229. The van der Waals surface area contributed by atoms with Crippen LogP contribution < -0.4 is 0 Å². The number of esters is 1. The molecule has 0 heterocycles. The molecular formula is C19H26O2. The molecule has 2 nitrogen and oxygen atoms in total. The van der Waals surface area contributed by atoms with Crippen molar-refractivity contribution in [2.45, 2.75) is 6.92 Å². The van der Waals surface area contributed by atoms with Gasteiger partial charge in [0.1, 0.15) is 0 Å². The van der Waals surface area contributed by atoms with Gasteiger partial charge >= 0.3 is 5.97 Å². The molecule has 0 saturated carbocycles. The van der Waals surface area contributed by atoms with E-state index in [1.807, 2.05) is 36.4 Å². The van der Waals surface area contributed by atoms with Crippen LogP contribution in [-0.4, -0.2) is 13.1 Å². The van der Waals surface area contributed by atoms with E-state index in [1.54, 1.807) is 19.1 Å². The SMILES string of the molecule is C=C.C=C(C)C(=O)OC.C=CC=C.C=Cc1ccccc1. The van der Waals surface area contributed by atoms with Gasteiger partial charge in [0.25, 0.3) is 0 Å². The number of hydrogen-bond donors (Lipinski definition) is 0. The van der Waals surface area contributed by atoms with Crippen molar-refractivity contribution in [3.05, 3.63) is 93.1 Å². The molecule has 0 spiro atoms. The lowest BCUT2D eigenvalue weighted by Gasteiger charge is -1.91. The molecule has 0 aliphatic heterocycles. The standard InChI is InChI=1S/C8H8.C5H8O2.C4H6.C2H4/c1-2-8-6-4-3-5-7-8;1-4(2)5(6)7-3;1-3-4-2;1-2/h2-7H,1H2;1H2,2-3H3;3-4H,1-2H2;1-2H2. The second-order valence-electron chi connectivity index (χ2n) is 3.36. The van der Waals surface area contributed by atoms with Gasteiger partial charge in [0, 0.05) is 5.57 Å². The highest BCUT2D eigenvalue weighted by Crippen LogP contribution is 1.97. The van der Waals surface area contributed by atoms with E-state index in [0.717, 1.165) is 0 Å². The van der Waals surface area contributed by atoms with Crippen LogP contribution in [0.4, 0.5) is 0 Å². The fraction of sp³-hybridized carbons (Fsp3) is 0.105. The highest BCUT2D eigenvalue weighted by Gasteiger charge is 1.95. The molecule has 1 aromatic rings. The number of carbonyl (C=O) groups excluding carboxylic acids is 1. The summed E-state index contributed by atoms with van der Waals surface area (Å²) in [5, 5.41) is 0. The fourth-order valence-electron chi connectivity index (χ4n) is 0.763. The fourth-order valence-corrected chi connectivity index (χ4v) is 0.763. The molecule has 0 aromatic heterocycles. The Labute approximate surface area is 129 Å². The van der Waals surface area contributed by atoms with Crippen molar-refractivity contribution in [1.29, 1.82) is 0 Å². The van der Waals surface area contributed by atoms with E-state index in [-0.39, 0.29) is 5.97 Å². The Morgan fingerprint density at radius 2 is 1.48 bits per heavy atom. The lowest BCUT2D eigenvalue weighted by atomic mass is 10.2. The zero-order chi connectivity index (χ0) is 17.1. The second-order valence-corrected chi connectivity index (χ2v) is 3.36. The van der Waals surface area contributed by atoms with Gasteiger partial charge in [0.2, 0.25) is 0 Å². The average molecular weight is 286 g/mol. The molecule has 0 bridgehead atoms. The second kappa shape index (κ2) is 19.7. The van der Waals surface area contributed by atoms with Crippen molar-refractivity contribution in [3.63, 3.8) is 0 Å². The minimum atomic E-state index is -0.347. The number of rotatable bonds is 3. The normalized spacial score (nSPS) is 6.95. The Morgan fingerprint density at radius 3 is 1.62 bits per heavy atom. The third kappa shape index (κ3) is 19.9. The molecule has 0 aliphatic carbocycles. The molecule has 0 amide bonds. The van der Waals surface area contributed by atoms with Crippen LogP contribution >= 0.6 is 0 Å². The summed E-state index contributed by atoms with van der Waals surface area (Å²) in [5.74, 6) is -0.347. The first-order chi connectivity index (χ1) is 10.0. The molecule has 0 unspecified atom stereocenters. The van der Waals surface area contributed by atoms with Crippen LogP contribution in [0, 0.1) is 0 Å². The van der Waals surface area contributed by atoms with E-state index < -0.39 is 0 Å². The largest absolute Gasteiger partial charge is 0.466 e. The van der Waals surface area contributed by atoms with Crippen LogP contribution in [0.3, 0.4) is 0 Å². The molecule has 0 radical (unpaired) electrons. The minimum Gasteiger partial charge on any atom is -0.466 e. The van der Waals surface area contributed by atoms with Crippen LogP contribution in [0.25, 0.3) is 6.08 Å². The molecule has 114 valence electrons. The van der Waals surface area contributed by atoms with Gasteiger partial charge in [-0.1, -0.05) is 74.9 Å². The number of methoxy groups -OCH3 is 1. The first-order valence-electron chi connectivity index (χ1n) is 6.18.